The summed E-state index contributed by atoms with van der Waals surface area (Å²) in [4.78, 5) is 24.2. The molecule has 0 saturated heterocycles. The molecule has 0 unspecified atom stereocenters. The van der Waals surface area contributed by atoms with Crippen molar-refractivity contribution in [2.24, 2.45) is 0 Å². The second-order valence-corrected chi connectivity index (χ2v) is 3.26. The van der Waals surface area contributed by atoms with Gasteiger partial charge in [0.05, 0.1) is 12.1 Å². The van der Waals surface area contributed by atoms with Crippen LogP contribution in [0.25, 0.3) is 10.9 Å². The van der Waals surface area contributed by atoms with Crippen molar-refractivity contribution >= 4 is 23.1 Å². The van der Waals surface area contributed by atoms with Crippen LogP contribution in [0, 0.1) is 5.82 Å². The van der Waals surface area contributed by atoms with E-state index >= 15 is 0 Å². The fourth-order valence-corrected chi connectivity index (χ4v) is 1.47. The number of aldehydes is 1. The van der Waals surface area contributed by atoms with Crippen LogP contribution in [0.15, 0.2) is 24.3 Å². The lowest BCUT2D eigenvalue weighted by Crippen LogP contribution is -2.25. The van der Waals surface area contributed by atoms with Gasteiger partial charge in [-0.2, -0.15) is 0 Å². The molecule has 2 aromatic rings. The van der Waals surface area contributed by atoms with Gasteiger partial charge in [0.2, 0.25) is 0 Å². The summed E-state index contributed by atoms with van der Waals surface area (Å²) in [7, 11) is 0. The van der Waals surface area contributed by atoms with Crippen LogP contribution in [-0.2, 0) is 4.79 Å². The Labute approximate surface area is 90.5 Å². The molecular weight excluding hydrogens is 211 g/mol. The van der Waals surface area contributed by atoms with E-state index in [1.165, 1.54) is 6.07 Å². The number of amides is 1. The van der Waals surface area contributed by atoms with Crippen molar-refractivity contribution in [3.05, 3.63) is 35.8 Å². The highest BCUT2D eigenvalue weighted by molar-refractivity contribution is 5.98. The Hall–Kier alpha value is -2.17. The molecular formula is C11H9FN2O2. The maximum absolute atomic E-state index is 13.3. The number of H-pyrrole nitrogens is 1. The molecule has 1 aromatic carbocycles. The number of rotatable bonds is 3. The Morgan fingerprint density at radius 1 is 1.50 bits per heavy atom. The molecule has 5 heteroatoms. The molecule has 0 fully saturated rings. The highest BCUT2D eigenvalue weighted by atomic mass is 19.1. The second-order valence-electron chi connectivity index (χ2n) is 3.26. The SMILES string of the molecule is O=CCNC(=O)c1cc2cccc(F)c2[nH]1. The number of carbonyl (C=O) groups excluding carboxylic acids is 2. The van der Waals surface area contributed by atoms with Crippen LogP contribution < -0.4 is 5.32 Å². The van der Waals surface area contributed by atoms with Gasteiger partial charge in [0.25, 0.3) is 5.91 Å². The number of aromatic amines is 1. The minimum atomic E-state index is -0.428. The molecule has 0 atom stereocenters. The Morgan fingerprint density at radius 3 is 3.00 bits per heavy atom. The number of carbonyl (C=O) groups is 2. The van der Waals surface area contributed by atoms with Gasteiger partial charge in [0, 0.05) is 5.39 Å². The van der Waals surface area contributed by atoms with Crippen molar-refractivity contribution in [3.8, 4) is 0 Å². The molecule has 1 amide bonds. The van der Waals surface area contributed by atoms with Gasteiger partial charge in [-0.15, -0.1) is 0 Å². The van der Waals surface area contributed by atoms with Gasteiger partial charge in [-0.05, 0) is 12.1 Å². The van der Waals surface area contributed by atoms with Gasteiger partial charge >= 0.3 is 0 Å². The van der Waals surface area contributed by atoms with Gasteiger partial charge < -0.3 is 15.1 Å². The maximum Gasteiger partial charge on any atom is 0.268 e. The largest absolute Gasteiger partial charge is 0.348 e. The zero-order valence-electron chi connectivity index (χ0n) is 8.29. The molecule has 1 heterocycles. The first-order valence-corrected chi connectivity index (χ1v) is 4.71. The Bertz CT molecular complexity index is 548. The van der Waals surface area contributed by atoms with E-state index in [9.17, 15) is 14.0 Å². The van der Waals surface area contributed by atoms with E-state index in [0.29, 0.717) is 17.2 Å². The molecule has 0 bridgehead atoms. The summed E-state index contributed by atoms with van der Waals surface area (Å²) in [5.41, 5.74) is 0.528. The fourth-order valence-electron chi connectivity index (χ4n) is 1.47. The number of benzene rings is 1. The Balaban J connectivity index is 2.36. The first-order chi connectivity index (χ1) is 7.72. The van der Waals surface area contributed by atoms with Gasteiger partial charge in [-0.1, -0.05) is 12.1 Å². The number of fused-ring (bicyclic) bond motifs is 1. The summed E-state index contributed by atoms with van der Waals surface area (Å²) >= 11 is 0. The number of nitrogens with one attached hydrogen (secondary N) is 2. The van der Waals surface area contributed by atoms with Gasteiger partial charge in [0.15, 0.2) is 0 Å². The summed E-state index contributed by atoms with van der Waals surface area (Å²) in [6.07, 6.45) is 0.584. The molecule has 0 aliphatic rings. The van der Waals surface area contributed by atoms with Gasteiger partial charge in [-0.3, -0.25) is 4.79 Å². The minimum Gasteiger partial charge on any atom is -0.348 e. The molecule has 1 aromatic heterocycles. The zero-order valence-corrected chi connectivity index (χ0v) is 8.29. The molecule has 0 spiro atoms. The van der Waals surface area contributed by atoms with Crippen molar-refractivity contribution < 1.29 is 14.0 Å². The van der Waals surface area contributed by atoms with Crippen molar-refractivity contribution in [3.63, 3.8) is 0 Å². The van der Waals surface area contributed by atoms with Crippen LogP contribution in [0.3, 0.4) is 0 Å². The zero-order chi connectivity index (χ0) is 11.5. The number of hydrogen-bond donors (Lipinski definition) is 2. The smallest absolute Gasteiger partial charge is 0.268 e. The van der Waals surface area contributed by atoms with Gasteiger partial charge in [0.1, 0.15) is 17.8 Å². The normalized spacial score (nSPS) is 10.3. The predicted molar refractivity (Wildman–Crippen MR) is 56.7 cm³/mol. The van der Waals surface area contributed by atoms with E-state index in [0.717, 1.165) is 0 Å². The fraction of sp³-hybridized carbons (Fsp3) is 0.0909. The average molecular weight is 220 g/mol. The maximum atomic E-state index is 13.3. The lowest BCUT2D eigenvalue weighted by Gasteiger charge is -1.96. The third-order valence-corrected chi connectivity index (χ3v) is 2.20. The standard InChI is InChI=1S/C11H9FN2O2/c12-8-3-1-2-7-6-9(14-10(7)8)11(16)13-4-5-15/h1-3,5-6,14H,4H2,(H,13,16). The third-order valence-electron chi connectivity index (χ3n) is 2.20. The molecule has 0 radical (unpaired) electrons. The predicted octanol–water partition coefficient (Wildman–Crippen LogP) is 1.24. The van der Waals surface area contributed by atoms with Crippen molar-refractivity contribution in [1.29, 1.82) is 0 Å². The van der Waals surface area contributed by atoms with E-state index < -0.39 is 11.7 Å². The summed E-state index contributed by atoms with van der Waals surface area (Å²) in [5, 5.41) is 2.99. The molecule has 2 N–H and O–H groups in total. The monoisotopic (exact) mass is 220 g/mol. The van der Waals surface area contributed by atoms with E-state index in [-0.39, 0.29) is 12.2 Å². The lowest BCUT2D eigenvalue weighted by atomic mass is 10.2. The van der Waals surface area contributed by atoms with Gasteiger partial charge in [-0.25, -0.2) is 4.39 Å². The van der Waals surface area contributed by atoms with E-state index in [2.05, 4.69) is 10.3 Å². The van der Waals surface area contributed by atoms with E-state index in [1.807, 2.05) is 0 Å². The van der Waals surface area contributed by atoms with Crippen molar-refractivity contribution in [2.45, 2.75) is 0 Å². The summed E-state index contributed by atoms with van der Waals surface area (Å²) < 4.78 is 13.3. The number of halogens is 1. The van der Waals surface area contributed by atoms with Crippen molar-refractivity contribution in [2.75, 3.05) is 6.54 Å². The summed E-state index contributed by atoms with van der Waals surface area (Å²) in [6, 6.07) is 6.12. The van der Waals surface area contributed by atoms with E-state index in [4.69, 9.17) is 0 Å². The lowest BCUT2D eigenvalue weighted by molar-refractivity contribution is -0.107. The topological polar surface area (TPSA) is 62.0 Å². The van der Waals surface area contributed by atoms with Crippen LogP contribution in [-0.4, -0.2) is 23.7 Å². The first-order valence-electron chi connectivity index (χ1n) is 4.71. The van der Waals surface area contributed by atoms with Crippen LogP contribution >= 0.6 is 0 Å². The average Bonchev–Trinajstić information content (AvgIpc) is 2.71. The molecule has 0 aliphatic carbocycles. The molecule has 16 heavy (non-hydrogen) atoms. The molecule has 0 saturated carbocycles. The molecule has 4 nitrogen and oxygen atoms in total. The van der Waals surface area contributed by atoms with Crippen LogP contribution in [0.4, 0.5) is 4.39 Å². The quantitative estimate of drug-likeness (QED) is 0.764. The van der Waals surface area contributed by atoms with E-state index in [1.54, 1.807) is 18.2 Å². The third kappa shape index (κ3) is 1.79. The van der Waals surface area contributed by atoms with Crippen molar-refractivity contribution in [1.82, 2.24) is 10.3 Å². The highest BCUT2D eigenvalue weighted by Crippen LogP contribution is 2.17. The number of para-hydroxylation sites is 1. The second kappa shape index (κ2) is 4.14. The Morgan fingerprint density at radius 2 is 2.31 bits per heavy atom. The summed E-state index contributed by atoms with van der Waals surface area (Å²) in [6.45, 7) is -0.0588. The Kier molecular flexibility index (Phi) is 2.68. The van der Waals surface area contributed by atoms with Crippen LogP contribution in [0.1, 0.15) is 10.5 Å². The highest BCUT2D eigenvalue weighted by Gasteiger charge is 2.10. The number of aromatic nitrogens is 1. The minimum absolute atomic E-state index is 0.0588. The summed E-state index contributed by atoms with van der Waals surface area (Å²) in [5.74, 6) is -0.838. The molecule has 0 aliphatic heterocycles. The van der Waals surface area contributed by atoms with Crippen LogP contribution in [0.2, 0.25) is 0 Å². The van der Waals surface area contributed by atoms with Crippen LogP contribution in [0.5, 0.6) is 0 Å². The first kappa shape index (κ1) is 10.4. The number of hydrogen-bond acceptors (Lipinski definition) is 2. The molecule has 2 rings (SSSR count). The molecule has 82 valence electrons.